The molecule has 1 aromatic rings. The number of allylic oxidation sites excluding steroid dienone is 1. The zero-order valence-electron chi connectivity index (χ0n) is 13.0. The molecule has 22 heavy (non-hydrogen) atoms. The molecule has 0 saturated heterocycles. The third kappa shape index (κ3) is 7.29. The van der Waals surface area contributed by atoms with Crippen molar-refractivity contribution in [2.75, 3.05) is 0 Å². The van der Waals surface area contributed by atoms with E-state index in [1.165, 1.54) is 18.2 Å². The van der Waals surface area contributed by atoms with E-state index >= 15 is 0 Å². The van der Waals surface area contributed by atoms with Gasteiger partial charge in [-0.15, -0.1) is 0 Å². The van der Waals surface area contributed by atoms with Crippen molar-refractivity contribution in [3.05, 3.63) is 47.5 Å². The van der Waals surface area contributed by atoms with Crippen LogP contribution in [0.5, 0.6) is 0 Å². The number of aryl methyl sites for hydroxylation is 1. The number of ether oxygens (including phenoxy) is 1. The van der Waals surface area contributed by atoms with Crippen molar-refractivity contribution in [1.29, 1.82) is 0 Å². The lowest BCUT2D eigenvalue weighted by molar-refractivity contribution is -0.148. The summed E-state index contributed by atoms with van der Waals surface area (Å²) < 4.78 is 42.4. The average molecular weight is 314 g/mol. The minimum atomic E-state index is -4.30. The zero-order valence-corrected chi connectivity index (χ0v) is 13.0. The molecule has 0 bridgehead atoms. The van der Waals surface area contributed by atoms with Crippen LogP contribution in [-0.2, 0) is 22.1 Å². The van der Waals surface area contributed by atoms with Crippen LogP contribution in [0.25, 0.3) is 0 Å². The smallest absolute Gasteiger partial charge is 0.416 e. The number of benzene rings is 1. The lowest BCUT2D eigenvalue weighted by Gasteiger charge is -2.17. The Labute approximate surface area is 129 Å². The first kappa shape index (κ1) is 18.3. The maximum Gasteiger partial charge on any atom is 0.416 e. The number of unbranched alkanes of at least 4 members (excludes halogenated alkanes) is 1. The van der Waals surface area contributed by atoms with E-state index in [9.17, 15) is 18.0 Å². The van der Waals surface area contributed by atoms with E-state index in [1.54, 1.807) is 26.8 Å². The largest absolute Gasteiger partial charge is 0.457 e. The number of alkyl halides is 3. The fraction of sp³-hybridized carbons (Fsp3) is 0.471. The fourth-order valence-electron chi connectivity index (χ4n) is 1.80. The Morgan fingerprint density at radius 3 is 2.23 bits per heavy atom. The average Bonchev–Trinajstić information content (AvgIpc) is 2.35. The number of rotatable bonds is 5. The molecule has 0 atom stereocenters. The summed E-state index contributed by atoms with van der Waals surface area (Å²) in [7, 11) is 0. The van der Waals surface area contributed by atoms with E-state index in [0.29, 0.717) is 12.8 Å². The zero-order chi connectivity index (χ0) is 16.8. The van der Waals surface area contributed by atoms with Gasteiger partial charge in [-0.25, -0.2) is 4.79 Å². The molecule has 0 heterocycles. The van der Waals surface area contributed by atoms with Crippen LogP contribution in [0.2, 0.25) is 0 Å². The molecule has 2 nitrogen and oxygen atoms in total. The highest BCUT2D eigenvalue weighted by atomic mass is 19.4. The molecule has 1 aromatic carbocycles. The standard InChI is InChI=1S/C17H21F3O2/c1-16(2,3)22-15(21)8-6-4-5-7-13-9-11-14(12-10-13)17(18,19)20/h6,8-12H,4-5,7H2,1-3H3/b8-6+. The van der Waals surface area contributed by atoms with Gasteiger partial charge in [0.05, 0.1) is 5.56 Å². The summed E-state index contributed by atoms with van der Waals surface area (Å²) in [6.45, 7) is 5.38. The van der Waals surface area contributed by atoms with Gasteiger partial charge in [-0.05, 0) is 57.7 Å². The summed E-state index contributed by atoms with van der Waals surface area (Å²) in [6, 6.07) is 5.15. The van der Waals surface area contributed by atoms with Crippen LogP contribution in [0.15, 0.2) is 36.4 Å². The summed E-state index contributed by atoms with van der Waals surface area (Å²) in [5.74, 6) is -0.387. The molecular weight excluding hydrogens is 293 g/mol. The first-order valence-electron chi connectivity index (χ1n) is 7.13. The van der Waals surface area contributed by atoms with Gasteiger partial charge >= 0.3 is 12.1 Å². The molecule has 0 unspecified atom stereocenters. The molecule has 0 saturated carbocycles. The molecule has 0 aliphatic rings. The van der Waals surface area contributed by atoms with Crippen LogP contribution in [-0.4, -0.2) is 11.6 Å². The molecule has 0 spiro atoms. The van der Waals surface area contributed by atoms with Gasteiger partial charge in [-0.2, -0.15) is 13.2 Å². The molecule has 0 aliphatic heterocycles. The summed E-state index contributed by atoms with van der Waals surface area (Å²) in [5.41, 5.74) is -0.304. The molecule has 0 aliphatic carbocycles. The highest BCUT2D eigenvalue weighted by molar-refractivity contribution is 5.82. The Morgan fingerprint density at radius 1 is 1.14 bits per heavy atom. The lowest BCUT2D eigenvalue weighted by atomic mass is 10.1. The highest BCUT2D eigenvalue weighted by Gasteiger charge is 2.29. The van der Waals surface area contributed by atoms with Crippen LogP contribution in [0.3, 0.4) is 0 Å². The Hall–Kier alpha value is -1.78. The van der Waals surface area contributed by atoms with E-state index in [4.69, 9.17) is 4.74 Å². The lowest BCUT2D eigenvalue weighted by Crippen LogP contribution is -2.22. The number of carbonyl (C=O) groups is 1. The Kier molecular flexibility index (Phi) is 6.21. The van der Waals surface area contributed by atoms with Crippen molar-refractivity contribution >= 4 is 5.97 Å². The molecule has 0 N–H and O–H groups in total. The maximum atomic E-state index is 12.4. The Bertz CT molecular complexity index is 508. The fourth-order valence-corrected chi connectivity index (χ4v) is 1.80. The second-order valence-corrected chi connectivity index (χ2v) is 6.02. The van der Waals surface area contributed by atoms with Crippen LogP contribution in [0.4, 0.5) is 13.2 Å². The number of hydrogen-bond donors (Lipinski definition) is 0. The third-order valence-corrected chi connectivity index (χ3v) is 2.78. The second kappa shape index (κ2) is 7.47. The van der Waals surface area contributed by atoms with Crippen LogP contribution in [0.1, 0.15) is 44.7 Å². The van der Waals surface area contributed by atoms with E-state index in [1.807, 2.05) is 0 Å². The van der Waals surface area contributed by atoms with Gasteiger partial charge in [-0.1, -0.05) is 18.2 Å². The molecule has 0 aromatic heterocycles. The number of hydrogen-bond acceptors (Lipinski definition) is 2. The summed E-state index contributed by atoms with van der Waals surface area (Å²) >= 11 is 0. The monoisotopic (exact) mass is 314 g/mol. The van der Waals surface area contributed by atoms with Crippen LogP contribution in [0, 0.1) is 0 Å². The number of esters is 1. The highest BCUT2D eigenvalue weighted by Crippen LogP contribution is 2.29. The molecule has 0 radical (unpaired) electrons. The van der Waals surface area contributed by atoms with Crippen molar-refractivity contribution in [1.82, 2.24) is 0 Å². The van der Waals surface area contributed by atoms with E-state index in [2.05, 4.69) is 0 Å². The minimum absolute atomic E-state index is 0.387. The van der Waals surface area contributed by atoms with E-state index < -0.39 is 17.3 Å². The van der Waals surface area contributed by atoms with Gasteiger partial charge in [0, 0.05) is 6.08 Å². The molecular formula is C17H21F3O2. The van der Waals surface area contributed by atoms with Crippen molar-refractivity contribution in [3.63, 3.8) is 0 Å². The molecule has 5 heteroatoms. The van der Waals surface area contributed by atoms with Crippen molar-refractivity contribution in [3.8, 4) is 0 Å². The van der Waals surface area contributed by atoms with Crippen LogP contribution >= 0.6 is 0 Å². The Balaban J connectivity index is 2.34. The van der Waals surface area contributed by atoms with Crippen molar-refractivity contribution in [2.24, 2.45) is 0 Å². The van der Waals surface area contributed by atoms with Crippen molar-refractivity contribution < 1.29 is 22.7 Å². The van der Waals surface area contributed by atoms with Gasteiger partial charge < -0.3 is 4.74 Å². The predicted molar refractivity (Wildman–Crippen MR) is 79.4 cm³/mol. The Morgan fingerprint density at radius 2 is 1.73 bits per heavy atom. The quantitative estimate of drug-likeness (QED) is 0.438. The second-order valence-electron chi connectivity index (χ2n) is 6.02. The number of carbonyl (C=O) groups excluding carboxylic acids is 1. The normalized spacial score (nSPS) is 12.6. The SMILES string of the molecule is CC(C)(C)OC(=O)/C=C/CCCc1ccc(C(F)(F)F)cc1. The minimum Gasteiger partial charge on any atom is -0.457 e. The molecule has 0 fully saturated rings. The first-order chi connectivity index (χ1) is 10.1. The van der Waals surface area contributed by atoms with Gasteiger partial charge in [0.2, 0.25) is 0 Å². The molecule has 1 rings (SSSR count). The maximum absolute atomic E-state index is 12.4. The predicted octanol–water partition coefficient (Wildman–Crippen LogP) is 4.93. The van der Waals surface area contributed by atoms with Crippen molar-refractivity contribution in [2.45, 2.75) is 51.8 Å². The summed E-state index contributed by atoms with van der Waals surface area (Å²) in [6.07, 6.45) is 0.895. The topological polar surface area (TPSA) is 26.3 Å². The summed E-state index contributed by atoms with van der Waals surface area (Å²) in [4.78, 5) is 11.4. The van der Waals surface area contributed by atoms with E-state index in [-0.39, 0.29) is 5.97 Å². The number of halogens is 3. The molecule has 122 valence electrons. The third-order valence-electron chi connectivity index (χ3n) is 2.78. The van der Waals surface area contributed by atoms with Gasteiger partial charge in [0.1, 0.15) is 5.60 Å². The molecule has 0 amide bonds. The van der Waals surface area contributed by atoms with E-state index in [0.717, 1.165) is 24.1 Å². The van der Waals surface area contributed by atoms with Crippen LogP contribution < -0.4 is 0 Å². The van der Waals surface area contributed by atoms with Gasteiger partial charge in [-0.3, -0.25) is 0 Å². The summed E-state index contributed by atoms with van der Waals surface area (Å²) in [5, 5.41) is 0. The van der Waals surface area contributed by atoms with Gasteiger partial charge in [0.25, 0.3) is 0 Å². The first-order valence-corrected chi connectivity index (χ1v) is 7.13. The van der Waals surface area contributed by atoms with Gasteiger partial charge in [0.15, 0.2) is 0 Å².